The number of amides is 1. The van der Waals surface area contributed by atoms with E-state index in [0.717, 1.165) is 17.5 Å². The highest BCUT2D eigenvalue weighted by Crippen LogP contribution is 2.24. The molecule has 2 rings (SSSR count). The first-order valence-corrected chi connectivity index (χ1v) is 6.40. The second kappa shape index (κ2) is 4.65. The summed E-state index contributed by atoms with van der Waals surface area (Å²) in [7, 11) is 0. The Morgan fingerprint density at radius 3 is 2.61 bits per heavy atom. The Kier molecular flexibility index (Phi) is 3.35. The minimum absolute atomic E-state index is 0.0117. The summed E-state index contributed by atoms with van der Waals surface area (Å²) in [6.45, 7) is 5.93. The van der Waals surface area contributed by atoms with E-state index in [9.17, 15) is 9.59 Å². The molecule has 1 aliphatic rings. The van der Waals surface area contributed by atoms with Crippen molar-refractivity contribution in [2.24, 2.45) is 5.92 Å². The fourth-order valence-electron chi connectivity index (χ4n) is 2.40. The fourth-order valence-corrected chi connectivity index (χ4v) is 2.40. The van der Waals surface area contributed by atoms with E-state index in [0.29, 0.717) is 6.42 Å². The second-order valence-electron chi connectivity index (χ2n) is 6.03. The summed E-state index contributed by atoms with van der Waals surface area (Å²) < 4.78 is 0. The van der Waals surface area contributed by atoms with E-state index < -0.39 is 5.92 Å². The molecule has 0 aliphatic heterocycles. The predicted octanol–water partition coefficient (Wildman–Crippen LogP) is 1.32. The fraction of sp³-hybridized carbons (Fsp3) is 0.467. The number of primary amides is 1. The van der Waals surface area contributed by atoms with Gasteiger partial charge < -0.3 is 0 Å². The van der Waals surface area contributed by atoms with E-state index in [2.05, 4.69) is 0 Å². The molecule has 1 aromatic rings. The molecule has 0 spiro atoms. The topological polar surface area (TPSA) is 50.8 Å². The van der Waals surface area contributed by atoms with Crippen LogP contribution >= 0.6 is 0 Å². The molecule has 2 N–H and O–H groups in total. The molecule has 1 aromatic carbocycles. The number of Topliss-reactive ketones (excluding diaryl/α,β-unsaturated/α-hetero) is 1. The molecule has 3 nitrogen and oxygen atoms in total. The van der Waals surface area contributed by atoms with Crippen LogP contribution in [-0.2, 0) is 11.2 Å². The minimum Gasteiger partial charge on any atom is -0.293 e. The Morgan fingerprint density at radius 2 is 1.94 bits per heavy atom. The molecule has 0 radical (unpaired) electrons. The van der Waals surface area contributed by atoms with Crippen molar-refractivity contribution in [2.75, 3.05) is 0 Å². The number of carbonyl (C=O) groups is 2. The van der Waals surface area contributed by atoms with Crippen LogP contribution in [0.2, 0.25) is 0 Å². The van der Waals surface area contributed by atoms with Gasteiger partial charge in [0.1, 0.15) is 5.92 Å². The first-order chi connectivity index (χ1) is 8.38. The van der Waals surface area contributed by atoms with Crippen LogP contribution in [0.4, 0.5) is 0 Å². The number of fused-ring (bicyclic) bond motifs is 1. The highest BCUT2D eigenvalue weighted by Gasteiger charge is 2.36. The van der Waals surface area contributed by atoms with Crippen molar-refractivity contribution in [1.29, 1.82) is 0 Å². The Hall–Kier alpha value is -1.48. The number of nitrogens with two attached hydrogens (primary N) is 1. The summed E-state index contributed by atoms with van der Waals surface area (Å²) in [4.78, 5) is 24.5. The molecule has 1 atom stereocenters. The second-order valence-corrected chi connectivity index (χ2v) is 6.03. The van der Waals surface area contributed by atoms with Gasteiger partial charge in [-0.05, 0) is 39.2 Å². The molecule has 1 unspecified atom stereocenters. The Morgan fingerprint density at radius 1 is 1.28 bits per heavy atom. The quantitative estimate of drug-likeness (QED) is 0.760. The number of hydrogen-bond acceptors (Lipinski definition) is 2. The highest BCUT2D eigenvalue weighted by atomic mass is 16.2. The van der Waals surface area contributed by atoms with Crippen molar-refractivity contribution in [3.8, 4) is 0 Å². The molecule has 3 heteroatoms. The average Bonchev–Trinajstić information content (AvgIpc) is 2.27. The lowest BCUT2D eigenvalue weighted by Gasteiger charge is -2.23. The van der Waals surface area contributed by atoms with E-state index in [1.165, 1.54) is 0 Å². The van der Waals surface area contributed by atoms with Crippen LogP contribution in [0.15, 0.2) is 24.3 Å². The van der Waals surface area contributed by atoms with Crippen LogP contribution in [0, 0.1) is 5.92 Å². The normalized spacial score (nSPS) is 19.5. The van der Waals surface area contributed by atoms with Crippen molar-refractivity contribution in [2.45, 2.75) is 39.2 Å². The minimum atomic E-state index is -0.473. The maximum Gasteiger partial charge on any atom is 0.321 e. The number of hydrogen-bond donors (Lipinski definition) is 1. The SMILES string of the molecule is CC(C)(C)[NH2+]C(=O)C1CCc2ccccc2C1=O. The van der Waals surface area contributed by atoms with Crippen LogP contribution in [0.1, 0.15) is 43.1 Å². The molecule has 0 saturated heterocycles. The number of ketones is 1. The molecule has 96 valence electrons. The van der Waals surface area contributed by atoms with E-state index >= 15 is 0 Å². The van der Waals surface area contributed by atoms with Crippen molar-refractivity contribution in [3.05, 3.63) is 35.4 Å². The zero-order valence-electron chi connectivity index (χ0n) is 11.2. The molecular formula is C15H20NO2+. The van der Waals surface area contributed by atoms with Gasteiger partial charge in [0.2, 0.25) is 0 Å². The summed E-state index contributed by atoms with van der Waals surface area (Å²) in [5.41, 5.74) is 1.63. The smallest absolute Gasteiger partial charge is 0.293 e. The number of rotatable bonds is 1. The number of quaternary nitrogens is 1. The molecule has 0 saturated carbocycles. The van der Waals surface area contributed by atoms with Gasteiger partial charge in [-0.2, -0.15) is 0 Å². The van der Waals surface area contributed by atoms with Gasteiger partial charge in [0.05, 0.1) is 5.54 Å². The molecule has 0 aromatic heterocycles. The van der Waals surface area contributed by atoms with Gasteiger partial charge in [0, 0.05) is 5.56 Å². The van der Waals surface area contributed by atoms with Gasteiger partial charge in [-0.1, -0.05) is 24.3 Å². The van der Waals surface area contributed by atoms with Gasteiger partial charge in [0.15, 0.2) is 5.78 Å². The zero-order valence-corrected chi connectivity index (χ0v) is 11.2. The Balaban J connectivity index is 2.19. The predicted molar refractivity (Wildman–Crippen MR) is 69.3 cm³/mol. The molecule has 1 aliphatic carbocycles. The van der Waals surface area contributed by atoms with E-state index in [-0.39, 0.29) is 17.2 Å². The summed E-state index contributed by atoms with van der Waals surface area (Å²) in [6, 6.07) is 7.60. The van der Waals surface area contributed by atoms with Gasteiger partial charge in [-0.25, -0.2) is 4.79 Å². The lowest BCUT2D eigenvalue weighted by Crippen LogP contribution is -2.98. The number of benzene rings is 1. The van der Waals surface area contributed by atoms with Crippen molar-refractivity contribution >= 4 is 11.7 Å². The van der Waals surface area contributed by atoms with Gasteiger partial charge in [-0.15, -0.1) is 0 Å². The van der Waals surface area contributed by atoms with Crippen LogP contribution in [0.5, 0.6) is 0 Å². The van der Waals surface area contributed by atoms with Crippen LogP contribution in [-0.4, -0.2) is 17.2 Å². The third-order valence-corrected chi connectivity index (χ3v) is 3.22. The monoisotopic (exact) mass is 246 g/mol. The van der Waals surface area contributed by atoms with E-state index in [4.69, 9.17) is 0 Å². The summed E-state index contributed by atoms with van der Waals surface area (Å²) in [5, 5.41) is 1.68. The maximum atomic E-state index is 12.3. The molecule has 0 bridgehead atoms. The van der Waals surface area contributed by atoms with E-state index in [1.54, 1.807) is 5.32 Å². The maximum absolute atomic E-state index is 12.3. The third kappa shape index (κ3) is 2.67. The number of aryl methyl sites for hydroxylation is 1. The largest absolute Gasteiger partial charge is 0.321 e. The first kappa shape index (κ1) is 13.0. The Labute approximate surface area is 108 Å². The van der Waals surface area contributed by atoms with Gasteiger partial charge >= 0.3 is 5.91 Å². The molecule has 0 fully saturated rings. The summed E-state index contributed by atoms with van der Waals surface area (Å²) in [6.07, 6.45) is 1.46. The van der Waals surface area contributed by atoms with Crippen LogP contribution < -0.4 is 5.32 Å². The van der Waals surface area contributed by atoms with Crippen LogP contribution in [0.3, 0.4) is 0 Å². The highest BCUT2D eigenvalue weighted by molar-refractivity contribution is 6.09. The van der Waals surface area contributed by atoms with Gasteiger partial charge in [-0.3, -0.25) is 10.1 Å². The Bertz CT molecular complexity index is 486. The number of carbonyl (C=O) groups excluding carboxylic acids is 2. The van der Waals surface area contributed by atoms with Crippen LogP contribution in [0.25, 0.3) is 0 Å². The lowest BCUT2D eigenvalue weighted by atomic mass is 9.82. The zero-order chi connectivity index (χ0) is 13.3. The molecular weight excluding hydrogens is 226 g/mol. The van der Waals surface area contributed by atoms with Crippen molar-refractivity contribution in [3.63, 3.8) is 0 Å². The standard InChI is InChI=1S/C15H19NO2/c1-15(2,3)16-14(18)12-9-8-10-6-4-5-7-11(10)13(12)17/h4-7,12H,8-9H2,1-3H3,(H,16,18)/p+1. The summed E-state index contributed by atoms with van der Waals surface area (Å²) in [5.74, 6) is -0.511. The molecule has 1 amide bonds. The average molecular weight is 246 g/mol. The lowest BCUT2D eigenvalue weighted by molar-refractivity contribution is -0.637. The molecule has 18 heavy (non-hydrogen) atoms. The third-order valence-electron chi connectivity index (χ3n) is 3.22. The van der Waals surface area contributed by atoms with Gasteiger partial charge in [0.25, 0.3) is 0 Å². The van der Waals surface area contributed by atoms with Crippen molar-refractivity contribution in [1.82, 2.24) is 0 Å². The summed E-state index contributed by atoms with van der Waals surface area (Å²) >= 11 is 0. The first-order valence-electron chi connectivity index (χ1n) is 6.40. The van der Waals surface area contributed by atoms with Crippen molar-refractivity contribution < 1.29 is 14.9 Å². The van der Waals surface area contributed by atoms with E-state index in [1.807, 2.05) is 45.0 Å². The molecule has 0 heterocycles.